The van der Waals surface area contributed by atoms with Gasteiger partial charge in [0.1, 0.15) is 6.04 Å². The Bertz CT molecular complexity index is 905. The van der Waals surface area contributed by atoms with Gasteiger partial charge in [-0.05, 0) is 55.0 Å². The van der Waals surface area contributed by atoms with E-state index in [4.69, 9.17) is 23.2 Å². The van der Waals surface area contributed by atoms with Crippen LogP contribution in [0.4, 0.5) is 0 Å². The highest BCUT2D eigenvalue weighted by atomic mass is 35.5. The first kappa shape index (κ1) is 23.6. The normalized spacial score (nSPS) is 15.0. The van der Waals surface area contributed by atoms with E-state index in [0.717, 1.165) is 36.8 Å². The maximum absolute atomic E-state index is 13.5. The minimum atomic E-state index is -0.547. The lowest BCUT2D eigenvalue weighted by atomic mass is 10.0. The van der Waals surface area contributed by atoms with Crippen LogP contribution in [-0.4, -0.2) is 28.8 Å². The zero-order valence-electron chi connectivity index (χ0n) is 18.2. The molecule has 0 saturated heterocycles. The van der Waals surface area contributed by atoms with E-state index in [0.29, 0.717) is 28.6 Å². The van der Waals surface area contributed by atoms with Crippen molar-refractivity contribution in [3.8, 4) is 0 Å². The Hall–Kier alpha value is -2.04. The largest absolute Gasteiger partial charge is 0.352 e. The molecule has 0 bridgehead atoms. The Morgan fingerprint density at radius 3 is 2.32 bits per heavy atom. The predicted octanol–water partition coefficient (Wildman–Crippen LogP) is 5.71. The SMILES string of the molecule is CCC(C(=O)NC1CCCC1)N(Cc1ccccc1C)C(=O)Cc1c(Cl)cccc1Cl. The Balaban J connectivity index is 1.87. The average Bonchev–Trinajstić information content (AvgIpc) is 3.25. The van der Waals surface area contributed by atoms with Gasteiger partial charge in [-0.1, -0.05) is 73.3 Å². The third-order valence-electron chi connectivity index (χ3n) is 6.08. The summed E-state index contributed by atoms with van der Waals surface area (Å²) in [5, 5.41) is 4.08. The summed E-state index contributed by atoms with van der Waals surface area (Å²) >= 11 is 12.6. The minimum absolute atomic E-state index is 0.0532. The van der Waals surface area contributed by atoms with Gasteiger partial charge in [0.15, 0.2) is 0 Å². The second-order valence-electron chi connectivity index (χ2n) is 8.24. The molecule has 1 saturated carbocycles. The Morgan fingerprint density at radius 2 is 1.71 bits per heavy atom. The number of amides is 2. The van der Waals surface area contributed by atoms with Crippen molar-refractivity contribution in [2.75, 3.05) is 0 Å². The number of halogens is 2. The fraction of sp³-hybridized carbons (Fsp3) is 0.440. The Morgan fingerprint density at radius 1 is 1.06 bits per heavy atom. The minimum Gasteiger partial charge on any atom is -0.352 e. The maximum atomic E-state index is 13.5. The number of aryl methyl sites for hydroxylation is 1. The molecule has 3 rings (SSSR count). The number of benzene rings is 2. The zero-order chi connectivity index (χ0) is 22.4. The molecule has 6 heteroatoms. The van der Waals surface area contributed by atoms with E-state index < -0.39 is 6.04 Å². The van der Waals surface area contributed by atoms with Crippen LogP contribution in [0.15, 0.2) is 42.5 Å². The van der Waals surface area contributed by atoms with Crippen molar-refractivity contribution in [2.24, 2.45) is 0 Å². The quantitative estimate of drug-likeness (QED) is 0.548. The van der Waals surface area contributed by atoms with Gasteiger partial charge in [0.25, 0.3) is 0 Å². The summed E-state index contributed by atoms with van der Waals surface area (Å²) in [4.78, 5) is 28.4. The molecule has 31 heavy (non-hydrogen) atoms. The molecule has 0 aliphatic heterocycles. The first-order valence-electron chi connectivity index (χ1n) is 11.0. The highest BCUT2D eigenvalue weighted by Gasteiger charge is 2.31. The van der Waals surface area contributed by atoms with Crippen LogP contribution in [0.25, 0.3) is 0 Å². The molecule has 166 valence electrons. The monoisotopic (exact) mass is 460 g/mol. The topological polar surface area (TPSA) is 49.4 Å². The molecule has 1 unspecified atom stereocenters. The van der Waals surface area contributed by atoms with Crippen LogP contribution < -0.4 is 5.32 Å². The number of nitrogens with zero attached hydrogens (tertiary/aromatic N) is 1. The summed E-state index contributed by atoms with van der Waals surface area (Å²) in [6, 6.07) is 12.8. The van der Waals surface area contributed by atoms with E-state index in [1.807, 2.05) is 38.1 Å². The highest BCUT2D eigenvalue weighted by molar-refractivity contribution is 6.36. The molecule has 4 nitrogen and oxygen atoms in total. The van der Waals surface area contributed by atoms with Gasteiger partial charge in [0, 0.05) is 22.6 Å². The van der Waals surface area contributed by atoms with Gasteiger partial charge in [-0.25, -0.2) is 0 Å². The third-order valence-corrected chi connectivity index (χ3v) is 6.79. The molecule has 1 fully saturated rings. The summed E-state index contributed by atoms with van der Waals surface area (Å²) in [6.45, 7) is 4.33. The molecule has 2 aromatic carbocycles. The van der Waals surface area contributed by atoms with Crippen LogP contribution in [0.5, 0.6) is 0 Å². The van der Waals surface area contributed by atoms with Crippen molar-refractivity contribution in [2.45, 2.75) is 71.0 Å². The molecule has 1 atom stereocenters. The molecular formula is C25H30Cl2N2O2. The van der Waals surface area contributed by atoms with Crippen molar-refractivity contribution < 1.29 is 9.59 Å². The number of hydrogen-bond acceptors (Lipinski definition) is 2. The standard InChI is InChI=1S/C25H30Cl2N2O2/c1-3-23(25(31)28-19-11-6-7-12-19)29(16-18-10-5-4-9-17(18)2)24(30)15-20-21(26)13-8-14-22(20)27/h4-5,8-10,13-14,19,23H,3,6-7,11-12,15-16H2,1-2H3,(H,28,31). The number of carbonyl (C=O) groups is 2. The van der Waals surface area contributed by atoms with Crippen molar-refractivity contribution in [3.05, 3.63) is 69.2 Å². The van der Waals surface area contributed by atoms with Crippen LogP contribution in [0.3, 0.4) is 0 Å². The van der Waals surface area contributed by atoms with Gasteiger partial charge in [-0.3, -0.25) is 9.59 Å². The van der Waals surface area contributed by atoms with Gasteiger partial charge in [-0.2, -0.15) is 0 Å². The van der Waals surface area contributed by atoms with Crippen LogP contribution in [0, 0.1) is 6.92 Å². The molecule has 0 radical (unpaired) electrons. The summed E-state index contributed by atoms with van der Waals surface area (Å²) in [5.41, 5.74) is 2.70. The predicted molar refractivity (Wildman–Crippen MR) is 126 cm³/mol. The average molecular weight is 461 g/mol. The van der Waals surface area contributed by atoms with Crippen LogP contribution in [0.1, 0.15) is 55.7 Å². The van der Waals surface area contributed by atoms with Crippen LogP contribution >= 0.6 is 23.2 Å². The van der Waals surface area contributed by atoms with Crippen LogP contribution in [0.2, 0.25) is 10.0 Å². The van der Waals surface area contributed by atoms with Gasteiger partial charge in [-0.15, -0.1) is 0 Å². The number of nitrogens with one attached hydrogen (secondary N) is 1. The second kappa shape index (κ2) is 11.0. The lowest BCUT2D eigenvalue weighted by molar-refractivity contribution is -0.141. The van der Waals surface area contributed by atoms with E-state index in [1.54, 1.807) is 23.1 Å². The lowest BCUT2D eigenvalue weighted by Crippen LogP contribution is -2.51. The van der Waals surface area contributed by atoms with Crippen LogP contribution in [-0.2, 0) is 22.6 Å². The molecule has 1 aliphatic carbocycles. The number of carbonyl (C=O) groups excluding carboxylic acids is 2. The van der Waals surface area contributed by atoms with E-state index in [1.165, 1.54) is 0 Å². The van der Waals surface area contributed by atoms with Gasteiger partial charge in [0.05, 0.1) is 6.42 Å². The molecule has 1 N–H and O–H groups in total. The van der Waals surface area contributed by atoms with E-state index in [2.05, 4.69) is 5.32 Å². The summed E-state index contributed by atoms with van der Waals surface area (Å²) in [6.07, 6.45) is 4.87. The van der Waals surface area contributed by atoms with E-state index in [9.17, 15) is 9.59 Å². The van der Waals surface area contributed by atoms with Gasteiger partial charge >= 0.3 is 0 Å². The highest BCUT2D eigenvalue weighted by Crippen LogP contribution is 2.26. The van der Waals surface area contributed by atoms with Gasteiger partial charge in [0.2, 0.25) is 11.8 Å². The molecule has 0 heterocycles. The molecule has 2 amide bonds. The van der Waals surface area contributed by atoms with Crippen molar-refractivity contribution in [1.29, 1.82) is 0 Å². The second-order valence-corrected chi connectivity index (χ2v) is 9.05. The lowest BCUT2D eigenvalue weighted by Gasteiger charge is -2.32. The summed E-state index contributed by atoms with van der Waals surface area (Å²) in [7, 11) is 0. The number of hydrogen-bond donors (Lipinski definition) is 1. The fourth-order valence-corrected chi connectivity index (χ4v) is 4.74. The first-order valence-corrected chi connectivity index (χ1v) is 11.7. The maximum Gasteiger partial charge on any atom is 0.243 e. The molecule has 1 aliphatic rings. The van der Waals surface area contributed by atoms with Gasteiger partial charge < -0.3 is 10.2 Å². The molecular weight excluding hydrogens is 431 g/mol. The molecule has 2 aromatic rings. The third kappa shape index (κ3) is 6.02. The fourth-order valence-electron chi connectivity index (χ4n) is 4.21. The first-order chi connectivity index (χ1) is 14.9. The zero-order valence-corrected chi connectivity index (χ0v) is 19.7. The van der Waals surface area contributed by atoms with E-state index in [-0.39, 0.29) is 24.3 Å². The van der Waals surface area contributed by atoms with Crippen molar-refractivity contribution >= 4 is 35.0 Å². The van der Waals surface area contributed by atoms with Crippen molar-refractivity contribution in [1.82, 2.24) is 10.2 Å². The summed E-state index contributed by atoms with van der Waals surface area (Å²) < 4.78 is 0. The van der Waals surface area contributed by atoms with E-state index >= 15 is 0 Å². The molecule has 0 spiro atoms. The summed E-state index contributed by atoms with van der Waals surface area (Å²) in [5.74, 6) is -0.242. The smallest absolute Gasteiger partial charge is 0.243 e. The number of rotatable bonds is 8. The molecule has 0 aromatic heterocycles. The Kier molecular flexibility index (Phi) is 8.39. The van der Waals surface area contributed by atoms with Crippen molar-refractivity contribution in [3.63, 3.8) is 0 Å². The Labute approximate surface area is 194 Å².